The third-order valence-electron chi connectivity index (χ3n) is 6.75. The molecule has 0 unspecified atom stereocenters. The van der Waals surface area contributed by atoms with E-state index >= 15 is 0 Å². The monoisotopic (exact) mass is 599 g/mol. The summed E-state index contributed by atoms with van der Waals surface area (Å²) in [6.45, 7) is 5.13. The maximum atomic E-state index is 11.7. The Morgan fingerprint density at radius 3 is 2.52 bits per heavy atom. The molecule has 0 bridgehead atoms. The summed E-state index contributed by atoms with van der Waals surface area (Å²) in [6, 6.07) is 2.99. The van der Waals surface area contributed by atoms with Crippen LogP contribution in [0.4, 0.5) is 22.2 Å². The Hall–Kier alpha value is -3.58. The standard InChI is InChI=1S/C25H33N7O6.2ClH/c1-14-21(27-12-19(24(35)36)31-25(37)38-13-20(33)34)28-15(2)29-23(14)32-10-7-16(8-11-32)18-6-5-17-4-3-9-26-22(17)30-18;;/h5-6,16,19H,3-4,7-13H2,1-2H3,(H,26,30)(H,31,37)(H,33,34)(H,35,36)(H,27,28,29);2*1H/t19-;;/m0../s1. The zero-order chi connectivity index (χ0) is 27.2. The Kier molecular flexibility index (Phi) is 12.0. The van der Waals surface area contributed by atoms with Crippen LogP contribution < -0.4 is 20.9 Å². The van der Waals surface area contributed by atoms with E-state index in [-0.39, 0.29) is 31.4 Å². The van der Waals surface area contributed by atoms with Gasteiger partial charge >= 0.3 is 18.0 Å². The number of piperidine rings is 1. The molecule has 220 valence electrons. The summed E-state index contributed by atoms with van der Waals surface area (Å²) in [5.41, 5.74) is 3.16. The molecule has 0 aliphatic carbocycles. The lowest BCUT2D eigenvalue weighted by molar-refractivity contribution is -0.140. The first kappa shape index (κ1) is 32.6. The van der Waals surface area contributed by atoms with E-state index in [0.717, 1.165) is 68.2 Å². The number of aliphatic carboxylic acids is 2. The van der Waals surface area contributed by atoms with Gasteiger partial charge in [0.1, 0.15) is 29.3 Å². The second-order valence-corrected chi connectivity index (χ2v) is 9.49. The number of aryl methyl sites for hydroxylation is 2. The van der Waals surface area contributed by atoms with Crippen LogP contribution in [0.3, 0.4) is 0 Å². The highest BCUT2D eigenvalue weighted by Crippen LogP contribution is 2.33. The number of hydrogen-bond donors (Lipinski definition) is 5. The van der Waals surface area contributed by atoms with Crippen LogP contribution in [-0.4, -0.2) is 82.0 Å². The van der Waals surface area contributed by atoms with E-state index in [0.29, 0.717) is 17.6 Å². The number of amides is 1. The maximum absolute atomic E-state index is 11.7. The van der Waals surface area contributed by atoms with Gasteiger partial charge in [0.15, 0.2) is 6.61 Å². The molecule has 2 aliphatic heterocycles. The number of aromatic nitrogens is 3. The highest BCUT2D eigenvalue weighted by Gasteiger charge is 2.26. The summed E-state index contributed by atoms with van der Waals surface area (Å²) in [4.78, 5) is 50.1. The number of fused-ring (bicyclic) bond motifs is 1. The fourth-order valence-corrected chi connectivity index (χ4v) is 4.76. The van der Waals surface area contributed by atoms with Gasteiger partial charge in [-0.1, -0.05) is 6.07 Å². The number of halogens is 2. The van der Waals surface area contributed by atoms with Crippen LogP contribution in [0.15, 0.2) is 12.1 Å². The van der Waals surface area contributed by atoms with Crippen molar-refractivity contribution in [3.8, 4) is 0 Å². The molecular formula is C25H35Cl2N7O6. The number of nitrogens with zero attached hydrogens (tertiary/aromatic N) is 4. The number of rotatable bonds is 9. The lowest BCUT2D eigenvalue weighted by atomic mass is 9.92. The van der Waals surface area contributed by atoms with Gasteiger partial charge in [0, 0.05) is 43.4 Å². The predicted octanol–water partition coefficient (Wildman–Crippen LogP) is 2.75. The van der Waals surface area contributed by atoms with Gasteiger partial charge in [0.05, 0.1) is 0 Å². The molecule has 2 aliphatic rings. The van der Waals surface area contributed by atoms with Gasteiger partial charge in [0.25, 0.3) is 0 Å². The Bertz CT molecular complexity index is 1210. The molecule has 1 fully saturated rings. The number of carboxylic acid groups (broad SMARTS) is 2. The first-order valence-corrected chi connectivity index (χ1v) is 12.7. The van der Waals surface area contributed by atoms with Crippen LogP contribution in [0.5, 0.6) is 0 Å². The minimum Gasteiger partial charge on any atom is -0.480 e. The van der Waals surface area contributed by atoms with Crippen LogP contribution in [-0.2, 0) is 20.7 Å². The molecule has 1 atom stereocenters. The summed E-state index contributed by atoms with van der Waals surface area (Å²) in [7, 11) is 0. The summed E-state index contributed by atoms with van der Waals surface area (Å²) < 4.78 is 4.46. The molecule has 15 heteroatoms. The van der Waals surface area contributed by atoms with E-state index in [9.17, 15) is 19.5 Å². The molecule has 0 radical (unpaired) electrons. The summed E-state index contributed by atoms with van der Waals surface area (Å²) >= 11 is 0. The van der Waals surface area contributed by atoms with Crippen LogP contribution in [0.25, 0.3) is 0 Å². The largest absolute Gasteiger partial charge is 0.480 e. The minimum atomic E-state index is -1.36. The Morgan fingerprint density at radius 2 is 1.85 bits per heavy atom. The van der Waals surface area contributed by atoms with E-state index in [1.807, 2.05) is 6.92 Å². The lowest BCUT2D eigenvalue weighted by Gasteiger charge is -2.34. The number of ether oxygens (including phenoxy) is 1. The van der Waals surface area contributed by atoms with Gasteiger partial charge < -0.3 is 35.8 Å². The van der Waals surface area contributed by atoms with Crippen molar-refractivity contribution >= 4 is 60.3 Å². The molecule has 1 amide bonds. The molecule has 4 heterocycles. The van der Waals surface area contributed by atoms with Crippen LogP contribution in [0.2, 0.25) is 0 Å². The van der Waals surface area contributed by atoms with E-state index in [1.165, 1.54) is 5.56 Å². The first-order chi connectivity index (χ1) is 18.2. The molecule has 4 rings (SSSR count). The zero-order valence-corrected chi connectivity index (χ0v) is 23.9. The molecule has 0 aromatic carbocycles. The SMILES string of the molecule is Cc1nc(NC[C@H](NC(=O)OCC(=O)O)C(=O)O)c(C)c(N2CCC(c3ccc4c(n3)NCCC4)CC2)n1.Cl.Cl. The van der Waals surface area contributed by atoms with Gasteiger partial charge in [0.2, 0.25) is 0 Å². The average Bonchev–Trinajstić information content (AvgIpc) is 2.91. The molecule has 1 saturated heterocycles. The Labute approximate surface area is 244 Å². The highest BCUT2D eigenvalue weighted by molar-refractivity contribution is 5.85. The number of carboxylic acids is 2. The number of anilines is 3. The van der Waals surface area contributed by atoms with E-state index < -0.39 is 30.7 Å². The van der Waals surface area contributed by atoms with E-state index in [2.05, 4.69) is 47.7 Å². The van der Waals surface area contributed by atoms with Crippen molar-refractivity contribution in [1.82, 2.24) is 20.3 Å². The lowest BCUT2D eigenvalue weighted by Crippen LogP contribution is -2.46. The molecular weight excluding hydrogens is 565 g/mol. The average molecular weight is 601 g/mol. The fraction of sp³-hybridized carbons (Fsp3) is 0.520. The van der Waals surface area contributed by atoms with Gasteiger partial charge in [-0.05, 0) is 51.2 Å². The smallest absolute Gasteiger partial charge is 0.408 e. The van der Waals surface area contributed by atoms with Crippen molar-refractivity contribution in [3.63, 3.8) is 0 Å². The Balaban J connectivity index is 0.00000280. The highest BCUT2D eigenvalue weighted by atomic mass is 35.5. The number of pyridine rings is 1. The van der Waals surface area contributed by atoms with Gasteiger partial charge in [-0.3, -0.25) is 0 Å². The molecule has 2 aromatic heterocycles. The van der Waals surface area contributed by atoms with Crippen molar-refractivity contribution in [2.75, 3.05) is 48.3 Å². The molecule has 0 saturated carbocycles. The maximum Gasteiger partial charge on any atom is 0.408 e. The number of carbonyl (C=O) groups excluding carboxylic acids is 1. The predicted molar refractivity (Wildman–Crippen MR) is 153 cm³/mol. The summed E-state index contributed by atoms with van der Waals surface area (Å²) in [6.07, 6.45) is 2.92. The number of carbonyl (C=O) groups is 3. The molecule has 0 spiro atoms. The van der Waals surface area contributed by atoms with Crippen LogP contribution in [0, 0.1) is 13.8 Å². The topological polar surface area (TPSA) is 179 Å². The van der Waals surface area contributed by atoms with Crippen molar-refractivity contribution in [1.29, 1.82) is 0 Å². The normalized spacial score (nSPS) is 15.3. The van der Waals surface area contributed by atoms with Crippen LogP contribution in [0.1, 0.15) is 47.8 Å². The third kappa shape index (κ3) is 8.21. The van der Waals surface area contributed by atoms with Crippen molar-refractivity contribution < 1.29 is 29.3 Å². The summed E-state index contributed by atoms with van der Waals surface area (Å²) in [5, 5.41) is 26.6. The second kappa shape index (κ2) is 14.7. The van der Waals surface area contributed by atoms with Gasteiger partial charge in [-0.15, -0.1) is 24.8 Å². The molecule has 40 heavy (non-hydrogen) atoms. The second-order valence-electron chi connectivity index (χ2n) is 9.49. The third-order valence-corrected chi connectivity index (χ3v) is 6.75. The minimum absolute atomic E-state index is 0. The molecule has 13 nitrogen and oxygen atoms in total. The van der Waals surface area contributed by atoms with Crippen molar-refractivity contribution in [2.45, 2.75) is 51.5 Å². The number of hydrogen-bond acceptors (Lipinski definition) is 10. The fourth-order valence-electron chi connectivity index (χ4n) is 4.76. The zero-order valence-electron chi connectivity index (χ0n) is 22.3. The Morgan fingerprint density at radius 1 is 1.12 bits per heavy atom. The number of nitrogens with one attached hydrogen (secondary N) is 3. The number of alkyl carbamates (subject to hydrolysis) is 1. The summed E-state index contributed by atoms with van der Waals surface area (Å²) in [5.74, 6) is 0.496. The van der Waals surface area contributed by atoms with Gasteiger partial charge in [-0.25, -0.2) is 29.3 Å². The van der Waals surface area contributed by atoms with Crippen LogP contribution >= 0.6 is 24.8 Å². The first-order valence-electron chi connectivity index (χ1n) is 12.7. The van der Waals surface area contributed by atoms with Crippen molar-refractivity contribution in [3.05, 3.63) is 34.8 Å². The van der Waals surface area contributed by atoms with E-state index in [1.54, 1.807) is 6.92 Å². The molecule has 5 N–H and O–H groups in total. The quantitative estimate of drug-likeness (QED) is 0.285. The van der Waals surface area contributed by atoms with Gasteiger partial charge in [-0.2, -0.15) is 0 Å². The molecule has 2 aromatic rings. The van der Waals surface area contributed by atoms with E-state index in [4.69, 9.17) is 10.1 Å². The van der Waals surface area contributed by atoms with Crippen molar-refractivity contribution in [2.24, 2.45) is 0 Å².